The van der Waals surface area contributed by atoms with Crippen molar-refractivity contribution in [1.82, 2.24) is 15.0 Å². The van der Waals surface area contributed by atoms with Crippen LogP contribution in [0, 0.1) is 5.92 Å². The molecule has 8 heteroatoms. The molecule has 1 aliphatic carbocycles. The van der Waals surface area contributed by atoms with Crippen LogP contribution in [0.3, 0.4) is 0 Å². The van der Waals surface area contributed by atoms with Crippen molar-refractivity contribution < 1.29 is 19.4 Å². The van der Waals surface area contributed by atoms with Crippen LogP contribution in [0.1, 0.15) is 50.6 Å². The summed E-state index contributed by atoms with van der Waals surface area (Å²) in [6.07, 6.45) is 8.57. The van der Waals surface area contributed by atoms with Crippen LogP contribution in [0.4, 0.5) is 4.79 Å². The van der Waals surface area contributed by atoms with E-state index in [2.05, 4.69) is 10.3 Å². The summed E-state index contributed by atoms with van der Waals surface area (Å²) in [5.41, 5.74) is 5.55. The first kappa shape index (κ1) is 18.1. The Kier molecular flexibility index (Phi) is 5.90. The summed E-state index contributed by atoms with van der Waals surface area (Å²) in [4.78, 5) is 11.3. The number of hydrogen-bond donors (Lipinski definition) is 2. The highest BCUT2D eigenvalue weighted by atomic mass is 16.6. The van der Waals surface area contributed by atoms with Crippen LogP contribution < -0.4 is 5.73 Å². The van der Waals surface area contributed by atoms with Crippen molar-refractivity contribution in [2.75, 3.05) is 13.2 Å². The maximum atomic E-state index is 11.3. The molecule has 1 aliphatic heterocycles. The molecule has 2 fully saturated rings. The number of carbonyl (C=O) groups is 1. The third-order valence-electron chi connectivity index (χ3n) is 5.28. The van der Waals surface area contributed by atoms with Crippen LogP contribution in [-0.2, 0) is 22.4 Å². The highest BCUT2D eigenvalue weighted by Crippen LogP contribution is 2.34. The minimum Gasteiger partial charge on any atom is -0.443 e. The number of aromatic nitrogens is 3. The summed E-state index contributed by atoms with van der Waals surface area (Å²) in [7, 11) is 0. The Hall–Kier alpha value is -1.67. The fourth-order valence-electron chi connectivity index (χ4n) is 3.92. The normalized spacial score (nSPS) is 26.3. The van der Waals surface area contributed by atoms with Gasteiger partial charge < -0.3 is 20.3 Å². The number of primary amides is 1. The highest BCUT2D eigenvalue weighted by Gasteiger charge is 2.36. The first-order valence-corrected chi connectivity index (χ1v) is 9.18. The van der Waals surface area contributed by atoms with Gasteiger partial charge in [0.15, 0.2) is 0 Å². The number of aliphatic hydroxyl groups excluding tert-OH is 1. The predicted molar refractivity (Wildman–Crippen MR) is 89.8 cm³/mol. The van der Waals surface area contributed by atoms with Crippen molar-refractivity contribution in [3.05, 3.63) is 11.9 Å². The van der Waals surface area contributed by atoms with E-state index >= 15 is 0 Å². The Morgan fingerprint density at radius 1 is 1.40 bits per heavy atom. The van der Waals surface area contributed by atoms with Crippen LogP contribution in [0.5, 0.6) is 0 Å². The van der Waals surface area contributed by atoms with Crippen LogP contribution in [0.2, 0.25) is 0 Å². The molecule has 1 amide bonds. The standard InChI is InChI=1S/C17H28N4O4/c18-16(23)25-17(6-2-1-3-7-17)8-14-9-21(20-19-14)10-15-5-4-13(11-22)12-24-15/h9,13,15,22H,1-8,10-12H2,(H2,18,23). The van der Waals surface area contributed by atoms with E-state index < -0.39 is 11.7 Å². The van der Waals surface area contributed by atoms with Gasteiger partial charge >= 0.3 is 6.09 Å². The van der Waals surface area contributed by atoms with E-state index in [0.717, 1.165) is 50.6 Å². The Morgan fingerprint density at radius 3 is 2.84 bits per heavy atom. The molecule has 0 aromatic carbocycles. The van der Waals surface area contributed by atoms with E-state index in [0.29, 0.717) is 19.6 Å². The van der Waals surface area contributed by atoms with Gasteiger partial charge in [-0.25, -0.2) is 9.48 Å². The summed E-state index contributed by atoms with van der Waals surface area (Å²) in [6, 6.07) is 0. The smallest absolute Gasteiger partial charge is 0.405 e. The molecule has 3 rings (SSSR count). The average Bonchev–Trinajstić information content (AvgIpc) is 3.02. The first-order valence-electron chi connectivity index (χ1n) is 9.18. The highest BCUT2D eigenvalue weighted by molar-refractivity contribution is 5.65. The number of amides is 1. The number of nitrogens with two attached hydrogens (primary N) is 1. The van der Waals surface area contributed by atoms with Gasteiger partial charge in [0, 0.05) is 25.1 Å². The molecule has 0 radical (unpaired) electrons. The summed E-state index contributed by atoms with van der Waals surface area (Å²) in [5, 5.41) is 17.6. The number of carbonyl (C=O) groups excluding carboxylic acids is 1. The van der Waals surface area contributed by atoms with Gasteiger partial charge in [0.05, 0.1) is 24.9 Å². The van der Waals surface area contributed by atoms with Gasteiger partial charge in [-0.05, 0) is 38.5 Å². The van der Waals surface area contributed by atoms with E-state index in [-0.39, 0.29) is 18.6 Å². The Labute approximate surface area is 147 Å². The fraction of sp³-hybridized carbons (Fsp3) is 0.824. The SMILES string of the molecule is NC(=O)OC1(Cc2cn(CC3CCC(CO)CO3)nn2)CCCCC1. The molecule has 1 aromatic rings. The number of ether oxygens (including phenoxy) is 2. The van der Waals surface area contributed by atoms with Crippen molar-refractivity contribution in [3.8, 4) is 0 Å². The van der Waals surface area contributed by atoms with Crippen molar-refractivity contribution >= 4 is 6.09 Å². The van der Waals surface area contributed by atoms with Gasteiger partial charge in [-0.2, -0.15) is 0 Å². The van der Waals surface area contributed by atoms with Crippen LogP contribution in [0.15, 0.2) is 6.20 Å². The fourth-order valence-corrected chi connectivity index (χ4v) is 3.92. The first-order chi connectivity index (χ1) is 12.1. The van der Waals surface area contributed by atoms with Gasteiger partial charge in [-0.15, -0.1) is 5.10 Å². The molecule has 140 valence electrons. The second-order valence-corrected chi connectivity index (χ2v) is 7.35. The third-order valence-corrected chi connectivity index (χ3v) is 5.28. The Bertz CT molecular complexity index is 563. The molecule has 2 aliphatic rings. The molecule has 1 saturated carbocycles. The molecular weight excluding hydrogens is 324 g/mol. The largest absolute Gasteiger partial charge is 0.443 e. The zero-order valence-corrected chi connectivity index (χ0v) is 14.6. The van der Waals surface area contributed by atoms with E-state index in [1.165, 1.54) is 0 Å². The second-order valence-electron chi connectivity index (χ2n) is 7.35. The maximum absolute atomic E-state index is 11.3. The predicted octanol–water partition coefficient (Wildman–Crippen LogP) is 1.41. The summed E-state index contributed by atoms with van der Waals surface area (Å²) >= 11 is 0. The average molecular weight is 352 g/mol. The molecule has 1 aromatic heterocycles. The summed E-state index contributed by atoms with van der Waals surface area (Å²) in [5.74, 6) is 0.250. The molecule has 25 heavy (non-hydrogen) atoms. The second kappa shape index (κ2) is 8.14. The topological polar surface area (TPSA) is 112 Å². The van der Waals surface area contributed by atoms with Crippen molar-refractivity contribution in [2.24, 2.45) is 11.7 Å². The van der Waals surface area contributed by atoms with Gasteiger partial charge in [-0.1, -0.05) is 11.6 Å². The Balaban J connectivity index is 1.57. The van der Waals surface area contributed by atoms with Gasteiger partial charge in [0.1, 0.15) is 5.60 Å². The summed E-state index contributed by atoms with van der Waals surface area (Å²) in [6.45, 7) is 1.43. The van der Waals surface area contributed by atoms with E-state index in [1.807, 2.05) is 6.20 Å². The van der Waals surface area contributed by atoms with Gasteiger partial charge in [-0.3, -0.25) is 0 Å². The van der Waals surface area contributed by atoms with Crippen molar-refractivity contribution in [2.45, 2.75) is 69.6 Å². The van der Waals surface area contributed by atoms with Gasteiger partial charge in [0.2, 0.25) is 0 Å². The summed E-state index contributed by atoms with van der Waals surface area (Å²) < 4.78 is 13.1. The Morgan fingerprint density at radius 2 is 2.20 bits per heavy atom. The molecule has 1 saturated heterocycles. The minimum atomic E-state index is -0.719. The molecule has 2 heterocycles. The molecule has 0 bridgehead atoms. The van der Waals surface area contributed by atoms with Crippen LogP contribution in [-0.4, -0.2) is 51.1 Å². The number of hydrogen-bond acceptors (Lipinski definition) is 6. The number of aliphatic hydroxyl groups is 1. The quantitative estimate of drug-likeness (QED) is 0.800. The van der Waals surface area contributed by atoms with Crippen molar-refractivity contribution in [3.63, 3.8) is 0 Å². The lowest BCUT2D eigenvalue weighted by atomic mass is 9.81. The van der Waals surface area contributed by atoms with Crippen LogP contribution >= 0.6 is 0 Å². The molecule has 3 N–H and O–H groups in total. The van der Waals surface area contributed by atoms with E-state index in [1.54, 1.807) is 4.68 Å². The van der Waals surface area contributed by atoms with Crippen molar-refractivity contribution in [1.29, 1.82) is 0 Å². The lowest BCUT2D eigenvalue weighted by molar-refractivity contribution is -0.0386. The lowest BCUT2D eigenvalue weighted by Crippen LogP contribution is -2.41. The molecular formula is C17H28N4O4. The number of nitrogens with zero attached hydrogens (tertiary/aromatic N) is 3. The molecule has 0 spiro atoms. The van der Waals surface area contributed by atoms with Gasteiger partial charge in [0.25, 0.3) is 0 Å². The molecule has 2 unspecified atom stereocenters. The molecule has 2 atom stereocenters. The molecule has 8 nitrogen and oxygen atoms in total. The van der Waals surface area contributed by atoms with Crippen LogP contribution in [0.25, 0.3) is 0 Å². The lowest BCUT2D eigenvalue weighted by Gasteiger charge is -2.35. The van der Waals surface area contributed by atoms with E-state index in [9.17, 15) is 4.79 Å². The zero-order valence-electron chi connectivity index (χ0n) is 14.6. The van der Waals surface area contributed by atoms with E-state index in [4.69, 9.17) is 20.3 Å². The number of rotatable bonds is 6. The monoisotopic (exact) mass is 352 g/mol. The maximum Gasteiger partial charge on any atom is 0.405 e. The zero-order chi connectivity index (χ0) is 17.7. The third kappa shape index (κ3) is 4.92. The minimum absolute atomic E-state index is 0.0999.